The quantitative estimate of drug-likeness (QED) is 0.599. The summed E-state index contributed by atoms with van der Waals surface area (Å²) < 4.78 is 47.3. The molecule has 0 aliphatic rings. The second kappa shape index (κ2) is 10.9. The van der Waals surface area contributed by atoms with Gasteiger partial charge in [-0.15, -0.1) is 0 Å². The molecule has 1 amide bonds. The van der Waals surface area contributed by atoms with Gasteiger partial charge < -0.3 is 14.8 Å². The van der Waals surface area contributed by atoms with E-state index in [0.29, 0.717) is 19.3 Å². The maximum absolute atomic E-state index is 12.4. The first-order valence-corrected chi connectivity index (χ1v) is 8.28. The third kappa shape index (κ3) is 9.93. The average molecular weight is 369 g/mol. The van der Waals surface area contributed by atoms with Crippen molar-refractivity contribution >= 4 is 17.8 Å². The Bertz CT molecular complexity index is 454. The minimum absolute atomic E-state index is 0.438. The second-order valence-corrected chi connectivity index (χ2v) is 5.85. The fourth-order valence-electron chi connectivity index (χ4n) is 2.08. The molecule has 0 aliphatic heterocycles. The first-order chi connectivity index (χ1) is 11.5. The summed E-state index contributed by atoms with van der Waals surface area (Å²) in [4.78, 5) is 35.0. The first-order valence-electron chi connectivity index (χ1n) is 8.28. The summed E-state index contributed by atoms with van der Waals surface area (Å²) in [6.07, 6.45) is -4.36. The second-order valence-electron chi connectivity index (χ2n) is 5.85. The van der Waals surface area contributed by atoms with E-state index in [1.165, 1.54) is 5.32 Å². The van der Waals surface area contributed by atoms with Gasteiger partial charge in [0.15, 0.2) is 0 Å². The summed E-state index contributed by atoms with van der Waals surface area (Å²) in [7, 11) is 0. The molecule has 0 aromatic carbocycles. The molecule has 6 nitrogen and oxygen atoms in total. The molecule has 0 bridgehead atoms. The van der Waals surface area contributed by atoms with Crippen LogP contribution in [0.25, 0.3) is 0 Å². The number of hydrogen-bond acceptors (Lipinski definition) is 5. The Labute approximate surface area is 145 Å². The third-order valence-corrected chi connectivity index (χ3v) is 3.26. The van der Waals surface area contributed by atoms with Crippen LogP contribution in [0, 0.1) is 0 Å². The van der Waals surface area contributed by atoms with Crippen LogP contribution in [0.2, 0.25) is 0 Å². The van der Waals surface area contributed by atoms with E-state index in [2.05, 4.69) is 0 Å². The maximum atomic E-state index is 12.4. The zero-order valence-electron chi connectivity index (χ0n) is 14.9. The van der Waals surface area contributed by atoms with Crippen molar-refractivity contribution in [2.24, 2.45) is 0 Å². The van der Waals surface area contributed by atoms with Crippen molar-refractivity contribution < 1.29 is 37.0 Å². The van der Waals surface area contributed by atoms with Crippen molar-refractivity contribution in [3.63, 3.8) is 0 Å². The minimum atomic E-state index is -5.17. The average Bonchev–Trinajstić information content (AvgIpc) is 2.45. The van der Waals surface area contributed by atoms with Crippen LogP contribution in [0.4, 0.5) is 13.2 Å². The number of rotatable bonds is 10. The van der Waals surface area contributed by atoms with Gasteiger partial charge in [0, 0.05) is 0 Å². The van der Waals surface area contributed by atoms with Crippen molar-refractivity contribution in [2.75, 3.05) is 0 Å². The molecule has 0 heterocycles. The number of carbonyl (C=O) groups excluding carboxylic acids is 3. The van der Waals surface area contributed by atoms with Crippen molar-refractivity contribution in [1.29, 1.82) is 0 Å². The van der Waals surface area contributed by atoms with Crippen LogP contribution in [0.1, 0.15) is 59.8 Å². The zero-order valence-corrected chi connectivity index (χ0v) is 14.9. The third-order valence-electron chi connectivity index (χ3n) is 3.26. The van der Waals surface area contributed by atoms with E-state index >= 15 is 0 Å². The summed E-state index contributed by atoms with van der Waals surface area (Å²) in [5.41, 5.74) is 0. The molecule has 0 saturated heterocycles. The lowest BCUT2D eigenvalue weighted by Gasteiger charge is -2.21. The summed E-state index contributed by atoms with van der Waals surface area (Å²) in [5.74, 6) is -4.29. The van der Waals surface area contributed by atoms with E-state index in [1.807, 2.05) is 13.8 Å². The lowest BCUT2D eigenvalue weighted by Crippen LogP contribution is -2.49. The Morgan fingerprint density at radius 2 is 1.44 bits per heavy atom. The van der Waals surface area contributed by atoms with Crippen LogP contribution in [0.15, 0.2) is 0 Å². The molecule has 0 saturated carbocycles. The Hall–Kier alpha value is -1.80. The molecule has 0 aromatic heterocycles. The van der Waals surface area contributed by atoms with Gasteiger partial charge in [0.1, 0.15) is 6.04 Å². The molecule has 3 atom stereocenters. The molecule has 0 aliphatic carbocycles. The number of hydrogen-bond donors (Lipinski definition) is 1. The van der Waals surface area contributed by atoms with Gasteiger partial charge in [-0.1, -0.05) is 26.7 Å². The van der Waals surface area contributed by atoms with Gasteiger partial charge in [-0.05, 0) is 26.7 Å². The van der Waals surface area contributed by atoms with Crippen molar-refractivity contribution in [1.82, 2.24) is 5.32 Å². The molecular weight excluding hydrogens is 343 g/mol. The molecule has 1 N–H and O–H groups in total. The van der Waals surface area contributed by atoms with Gasteiger partial charge in [-0.2, -0.15) is 13.2 Å². The zero-order chi connectivity index (χ0) is 19.6. The molecular formula is C16H26F3NO5. The highest BCUT2D eigenvalue weighted by atomic mass is 19.4. The highest BCUT2D eigenvalue weighted by molar-refractivity contribution is 5.90. The van der Waals surface area contributed by atoms with E-state index in [4.69, 9.17) is 9.47 Å². The lowest BCUT2D eigenvalue weighted by atomic mass is 10.2. The van der Waals surface area contributed by atoms with Crippen LogP contribution >= 0.6 is 0 Å². The number of carbonyl (C=O) groups is 3. The Kier molecular flexibility index (Phi) is 10.2. The highest BCUT2D eigenvalue weighted by Gasteiger charge is 2.42. The van der Waals surface area contributed by atoms with Crippen molar-refractivity contribution in [2.45, 2.75) is 84.2 Å². The van der Waals surface area contributed by atoms with Gasteiger partial charge in [0.2, 0.25) is 0 Å². The molecule has 0 fully saturated rings. The maximum Gasteiger partial charge on any atom is 0.471 e. The normalized spacial score (nSPS) is 15.0. The fourth-order valence-corrected chi connectivity index (χ4v) is 2.08. The molecule has 0 spiro atoms. The summed E-state index contributed by atoms with van der Waals surface area (Å²) in [6, 6.07) is -1.75. The van der Waals surface area contributed by atoms with Gasteiger partial charge in [-0.3, -0.25) is 9.59 Å². The van der Waals surface area contributed by atoms with Gasteiger partial charge in [0.25, 0.3) is 0 Å². The van der Waals surface area contributed by atoms with E-state index in [1.54, 1.807) is 13.8 Å². The highest BCUT2D eigenvalue weighted by Crippen LogP contribution is 2.16. The first kappa shape index (κ1) is 23.2. The molecule has 0 aromatic rings. The predicted octanol–water partition coefficient (Wildman–Crippen LogP) is 2.89. The van der Waals surface area contributed by atoms with Crippen LogP contribution in [0.5, 0.6) is 0 Å². The summed E-state index contributed by atoms with van der Waals surface area (Å²) in [6.45, 7) is 6.93. The van der Waals surface area contributed by atoms with E-state index < -0.39 is 48.7 Å². The number of halogens is 3. The van der Waals surface area contributed by atoms with E-state index in [9.17, 15) is 27.6 Å². The Morgan fingerprint density at radius 1 is 0.960 bits per heavy atom. The molecule has 2 unspecified atom stereocenters. The van der Waals surface area contributed by atoms with E-state index in [0.717, 1.165) is 6.42 Å². The summed E-state index contributed by atoms with van der Waals surface area (Å²) in [5, 5.41) is 1.50. The molecule has 0 radical (unpaired) electrons. The smallest absolute Gasteiger partial charge is 0.463 e. The summed E-state index contributed by atoms with van der Waals surface area (Å²) >= 11 is 0. The minimum Gasteiger partial charge on any atom is -0.463 e. The Balaban J connectivity index is 4.97. The van der Waals surface area contributed by atoms with Crippen molar-refractivity contribution in [3.8, 4) is 0 Å². The largest absolute Gasteiger partial charge is 0.471 e. The van der Waals surface area contributed by atoms with Gasteiger partial charge in [-0.25, -0.2) is 4.79 Å². The van der Waals surface area contributed by atoms with Crippen LogP contribution < -0.4 is 5.32 Å². The number of ether oxygens (including phenoxy) is 2. The molecule has 25 heavy (non-hydrogen) atoms. The molecule has 0 rings (SSSR count). The topological polar surface area (TPSA) is 81.7 Å². The van der Waals surface area contributed by atoms with Crippen molar-refractivity contribution in [3.05, 3.63) is 0 Å². The number of nitrogens with one attached hydrogen (secondary N) is 1. The number of alkyl halides is 3. The van der Waals surface area contributed by atoms with Gasteiger partial charge in [0.05, 0.1) is 18.6 Å². The standard InChI is InChI=1S/C16H26F3NO5/c1-5-7-10(3)24-13(21)9-12(20-15(23)16(17,18)19)14(22)25-11(4)8-6-2/h10-12H,5-9H2,1-4H3,(H,20,23)/t10?,11?,12-/m0/s1. The van der Waals surface area contributed by atoms with Gasteiger partial charge >= 0.3 is 24.0 Å². The van der Waals surface area contributed by atoms with E-state index in [-0.39, 0.29) is 0 Å². The van der Waals surface area contributed by atoms with Crippen LogP contribution in [-0.4, -0.2) is 42.3 Å². The SMILES string of the molecule is CCCC(C)OC(=O)C[C@H](NC(=O)C(F)(F)F)C(=O)OC(C)CCC. The number of amides is 1. The predicted molar refractivity (Wildman–Crippen MR) is 83.5 cm³/mol. The fraction of sp³-hybridized carbons (Fsp3) is 0.812. The monoisotopic (exact) mass is 369 g/mol. The Morgan fingerprint density at radius 3 is 1.88 bits per heavy atom. The lowest BCUT2D eigenvalue weighted by molar-refractivity contribution is -0.177. The van der Waals surface area contributed by atoms with Crippen LogP contribution in [-0.2, 0) is 23.9 Å². The molecule has 9 heteroatoms. The van der Waals surface area contributed by atoms with Crippen LogP contribution in [0.3, 0.4) is 0 Å². The molecule has 146 valence electrons. The number of esters is 2.